The summed E-state index contributed by atoms with van der Waals surface area (Å²) >= 11 is 0. The van der Waals surface area contributed by atoms with Gasteiger partial charge in [-0.25, -0.2) is 0 Å². The maximum absolute atomic E-state index is 12.0. The van der Waals surface area contributed by atoms with Crippen LogP contribution in [0.5, 0.6) is 0 Å². The number of hydrogen-bond acceptors (Lipinski definition) is 7. The van der Waals surface area contributed by atoms with Crippen LogP contribution in [0.1, 0.15) is 49.1 Å². The normalized spacial score (nSPS) is 10.7. The number of ketones is 2. The molecule has 0 aliphatic heterocycles. The molecule has 6 aromatic carbocycles. The molecule has 47 heavy (non-hydrogen) atoms. The van der Waals surface area contributed by atoms with Gasteiger partial charge in [0.2, 0.25) is 0 Å². The fourth-order valence-electron chi connectivity index (χ4n) is 4.39. The monoisotopic (exact) mass is 623 g/mol. The lowest BCUT2D eigenvalue weighted by molar-refractivity contribution is -0.384. The van der Waals surface area contributed by atoms with Crippen LogP contribution < -0.4 is 11.5 Å². The largest absolute Gasteiger partial charge is 0.399 e. The number of nitrogen functional groups attached to an aromatic ring is 2. The summed E-state index contributed by atoms with van der Waals surface area (Å²) in [5, 5.41) is 20.5. The van der Waals surface area contributed by atoms with Gasteiger partial charge in [-0.1, -0.05) is 103 Å². The smallest absolute Gasteiger partial charge is 0.269 e. The van der Waals surface area contributed by atoms with Crippen molar-refractivity contribution < 1.29 is 19.6 Å². The second kappa shape index (κ2) is 16.6. The SMILES string of the molecule is Nc1ccc(C(=O)c2ccccc2)cc1.Nc1ccc(C(O)c2ccccc2)cc1.O=C(c1ccccc1)c1ccc([N+](=O)[O-])cc1. The van der Waals surface area contributed by atoms with Gasteiger partial charge >= 0.3 is 0 Å². The molecule has 0 bridgehead atoms. The van der Waals surface area contributed by atoms with Crippen LogP contribution in [-0.2, 0) is 0 Å². The minimum atomic E-state index is -0.577. The van der Waals surface area contributed by atoms with Crippen molar-refractivity contribution in [2.75, 3.05) is 11.5 Å². The number of benzene rings is 6. The Bertz CT molecular complexity index is 1880. The Kier molecular flexibility index (Phi) is 11.9. The van der Waals surface area contributed by atoms with Crippen LogP contribution in [0.3, 0.4) is 0 Å². The van der Waals surface area contributed by atoms with E-state index in [0.717, 1.165) is 11.1 Å². The van der Waals surface area contributed by atoms with E-state index in [-0.39, 0.29) is 17.3 Å². The fourth-order valence-corrected chi connectivity index (χ4v) is 4.39. The van der Waals surface area contributed by atoms with Crippen molar-refractivity contribution in [1.82, 2.24) is 0 Å². The van der Waals surface area contributed by atoms with Crippen LogP contribution in [0.15, 0.2) is 164 Å². The molecular weight excluding hydrogens is 590 g/mol. The number of non-ortho nitro benzene ring substituents is 1. The van der Waals surface area contributed by atoms with E-state index in [0.29, 0.717) is 33.6 Å². The van der Waals surface area contributed by atoms with E-state index in [9.17, 15) is 24.8 Å². The summed E-state index contributed by atoms with van der Waals surface area (Å²) in [7, 11) is 0. The van der Waals surface area contributed by atoms with E-state index in [2.05, 4.69) is 0 Å². The van der Waals surface area contributed by atoms with Crippen LogP contribution in [-0.4, -0.2) is 21.6 Å². The van der Waals surface area contributed by atoms with E-state index in [1.165, 1.54) is 24.3 Å². The first-order chi connectivity index (χ1) is 22.7. The Morgan fingerprint density at radius 3 is 1.21 bits per heavy atom. The highest BCUT2D eigenvalue weighted by Crippen LogP contribution is 2.22. The van der Waals surface area contributed by atoms with Gasteiger partial charge in [-0.2, -0.15) is 0 Å². The molecule has 1 atom stereocenters. The summed E-state index contributed by atoms with van der Waals surface area (Å²) < 4.78 is 0. The van der Waals surface area contributed by atoms with Crippen molar-refractivity contribution in [2.45, 2.75) is 6.10 Å². The minimum Gasteiger partial charge on any atom is -0.399 e. The molecular formula is C39H33N3O5. The number of carbonyl (C=O) groups excluding carboxylic acids is 2. The van der Waals surface area contributed by atoms with E-state index >= 15 is 0 Å². The first-order valence-electron chi connectivity index (χ1n) is 14.6. The third kappa shape index (κ3) is 9.81. The fraction of sp³-hybridized carbons (Fsp3) is 0.0256. The Morgan fingerprint density at radius 2 is 0.809 bits per heavy atom. The molecule has 0 aliphatic carbocycles. The number of nitrogens with zero attached hydrogens (tertiary/aromatic N) is 1. The predicted molar refractivity (Wildman–Crippen MR) is 185 cm³/mol. The molecule has 6 rings (SSSR count). The molecule has 0 heterocycles. The molecule has 0 radical (unpaired) electrons. The molecule has 234 valence electrons. The lowest BCUT2D eigenvalue weighted by Gasteiger charge is -2.11. The lowest BCUT2D eigenvalue weighted by Crippen LogP contribution is -2.00. The van der Waals surface area contributed by atoms with Crippen LogP contribution in [0.2, 0.25) is 0 Å². The molecule has 0 fully saturated rings. The zero-order valence-electron chi connectivity index (χ0n) is 25.3. The summed E-state index contributed by atoms with van der Waals surface area (Å²) in [5.74, 6) is -0.115. The maximum atomic E-state index is 12.0. The Labute approximate surface area is 272 Å². The van der Waals surface area contributed by atoms with E-state index in [4.69, 9.17) is 11.5 Å². The number of hydrogen-bond donors (Lipinski definition) is 3. The highest BCUT2D eigenvalue weighted by Gasteiger charge is 2.11. The number of carbonyl (C=O) groups is 2. The summed E-state index contributed by atoms with van der Waals surface area (Å²) in [6.07, 6.45) is -0.577. The zero-order chi connectivity index (χ0) is 33.6. The first kappa shape index (κ1) is 33.5. The Balaban J connectivity index is 0.000000160. The number of anilines is 2. The van der Waals surface area contributed by atoms with Crippen molar-refractivity contribution in [3.63, 3.8) is 0 Å². The number of aliphatic hydroxyl groups is 1. The average Bonchev–Trinajstić information content (AvgIpc) is 3.13. The standard InChI is InChI=1S/C13H9NO3.C13H13NO.C13H11NO/c15-13(10-4-2-1-3-5-10)11-6-8-12(9-7-11)14(16)17;2*14-12-8-6-11(7-9-12)13(15)10-4-2-1-3-5-10/h1-9H;1-9,13,15H,14H2;1-9H,14H2. The molecule has 6 aromatic rings. The Morgan fingerprint density at radius 1 is 0.489 bits per heavy atom. The molecule has 8 heteroatoms. The maximum Gasteiger partial charge on any atom is 0.269 e. The third-order valence-electron chi connectivity index (χ3n) is 6.95. The van der Waals surface area contributed by atoms with E-state index < -0.39 is 11.0 Å². The second-order valence-corrected chi connectivity index (χ2v) is 10.3. The number of aliphatic hydroxyl groups excluding tert-OH is 1. The van der Waals surface area contributed by atoms with Gasteiger partial charge in [0.05, 0.1) is 4.92 Å². The molecule has 0 aromatic heterocycles. The molecule has 0 spiro atoms. The van der Waals surface area contributed by atoms with Crippen LogP contribution >= 0.6 is 0 Å². The summed E-state index contributed by atoms with van der Waals surface area (Å²) in [5.41, 5.74) is 16.6. The number of nitrogens with two attached hydrogens (primary N) is 2. The average molecular weight is 624 g/mol. The molecule has 0 saturated carbocycles. The van der Waals surface area contributed by atoms with Crippen molar-refractivity contribution >= 4 is 28.6 Å². The first-order valence-corrected chi connectivity index (χ1v) is 14.6. The highest BCUT2D eigenvalue weighted by molar-refractivity contribution is 6.09. The molecule has 1 unspecified atom stereocenters. The van der Waals surface area contributed by atoms with Crippen molar-refractivity contribution in [1.29, 1.82) is 0 Å². The van der Waals surface area contributed by atoms with Crippen LogP contribution in [0.25, 0.3) is 0 Å². The van der Waals surface area contributed by atoms with Gasteiger partial charge in [-0.05, 0) is 59.7 Å². The molecule has 0 saturated heterocycles. The molecule has 5 N–H and O–H groups in total. The highest BCUT2D eigenvalue weighted by atomic mass is 16.6. The second-order valence-electron chi connectivity index (χ2n) is 10.3. The van der Waals surface area contributed by atoms with Crippen LogP contribution in [0, 0.1) is 10.1 Å². The Hall–Kier alpha value is -6.38. The van der Waals surface area contributed by atoms with Gasteiger partial charge < -0.3 is 16.6 Å². The molecule has 8 nitrogen and oxygen atoms in total. The summed E-state index contributed by atoms with van der Waals surface area (Å²) in [6, 6.07) is 47.4. The van der Waals surface area contributed by atoms with Gasteiger partial charge in [0.15, 0.2) is 11.6 Å². The topological polar surface area (TPSA) is 150 Å². The third-order valence-corrected chi connectivity index (χ3v) is 6.95. The zero-order valence-corrected chi connectivity index (χ0v) is 25.3. The van der Waals surface area contributed by atoms with E-state index in [1.807, 2.05) is 66.7 Å². The van der Waals surface area contributed by atoms with Gasteiger partial charge in [-0.15, -0.1) is 0 Å². The number of nitro benzene ring substituents is 1. The predicted octanol–water partition coefficient (Wildman–Crippen LogP) is 7.68. The number of rotatable bonds is 7. The summed E-state index contributed by atoms with van der Waals surface area (Å²) in [6.45, 7) is 0. The molecule has 0 amide bonds. The van der Waals surface area contributed by atoms with Crippen molar-refractivity contribution in [3.05, 3.63) is 207 Å². The quantitative estimate of drug-likeness (QED) is 0.0714. The van der Waals surface area contributed by atoms with E-state index in [1.54, 1.807) is 72.8 Å². The van der Waals surface area contributed by atoms with Crippen molar-refractivity contribution in [3.8, 4) is 0 Å². The number of nitro groups is 1. The van der Waals surface area contributed by atoms with Crippen molar-refractivity contribution in [2.24, 2.45) is 0 Å². The lowest BCUT2D eigenvalue weighted by atomic mass is 10.0. The summed E-state index contributed by atoms with van der Waals surface area (Å²) in [4.78, 5) is 33.9. The van der Waals surface area contributed by atoms with Crippen LogP contribution in [0.4, 0.5) is 17.1 Å². The van der Waals surface area contributed by atoms with Gasteiger partial charge in [0.25, 0.3) is 5.69 Å². The molecule has 0 aliphatic rings. The van der Waals surface area contributed by atoms with Gasteiger partial charge in [-0.3, -0.25) is 19.7 Å². The van der Waals surface area contributed by atoms with Gasteiger partial charge in [0.1, 0.15) is 6.10 Å². The minimum absolute atomic E-state index is 0.0189. The van der Waals surface area contributed by atoms with Gasteiger partial charge in [0, 0.05) is 45.8 Å².